The van der Waals surface area contributed by atoms with Crippen LogP contribution in [0.25, 0.3) is 0 Å². The summed E-state index contributed by atoms with van der Waals surface area (Å²) in [7, 11) is -3.66. The molecular formula is C10H12ClNO4S2. The number of halogens is 1. The fourth-order valence-electron chi connectivity index (χ4n) is 1.94. The van der Waals surface area contributed by atoms with Crippen molar-refractivity contribution >= 4 is 38.9 Å². The monoisotopic (exact) mass is 309 g/mol. The van der Waals surface area contributed by atoms with E-state index in [4.69, 9.17) is 16.7 Å². The lowest BCUT2D eigenvalue weighted by molar-refractivity contribution is -0.142. The molecule has 1 aromatic rings. The standard InChI is InChI=1S/C10H12ClNO4S2/c11-8-3-5-17-10(8)18(15,16)12-4-1-2-7(6-12)9(13)14/h3,5,7H,1-2,4,6H2,(H,13,14)/t7-/m0/s1. The third-order valence-corrected chi connectivity index (χ3v) is 6.76. The molecule has 0 bridgehead atoms. The van der Waals surface area contributed by atoms with E-state index in [9.17, 15) is 13.2 Å². The first-order valence-electron chi connectivity index (χ1n) is 5.39. The van der Waals surface area contributed by atoms with E-state index in [-0.39, 0.29) is 15.8 Å². The molecule has 2 rings (SSSR count). The number of hydrogen-bond donors (Lipinski definition) is 1. The number of carbonyl (C=O) groups is 1. The molecule has 0 unspecified atom stereocenters. The van der Waals surface area contributed by atoms with Crippen LogP contribution in [0.15, 0.2) is 15.7 Å². The van der Waals surface area contributed by atoms with E-state index >= 15 is 0 Å². The average molecular weight is 310 g/mol. The number of carboxylic acid groups (broad SMARTS) is 1. The Hall–Kier alpha value is -0.630. The number of aliphatic carboxylic acids is 1. The van der Waals surface area contributed by atoms with Gasteiger partial charge in [-0.05, 0) is 24.3 Å². The first-order valence-corrected chi connectivity index (χ1v) is 8.08. The summed E-state index contributed by atoms with van der Waals surface area (Å²) in [5.41, 5.74) is 0. The summed E-state index contributed by atoms with van der Waals surface area (Å²) < 4.78 is 25.9. The summed E-state index contributed by atoms with van der Waals surface area (Å²) in [4.78, 5) is 10.9. The molecule has 1 aliphatic rings. The molecule has 0 radical (unpaired) electrons. The number of nitrogens with zero attached hydrogens (tertiary/aromatic N) is 1. The minimum absolute atomic E-state index is 0.0197. The zero-order chi connectivity index (χ0) is 13.3. The normalized spacial score (nSPS) is 21.9. The van der Waals surface area contributed by atoms with Gasteiger partial charge in [-0.15, -0.1) is 11.3 Å². The predicted octanol–water partition coefficient (Wildman–Crippen LogP) is 1.89. The Morgan fingerprint density at radius 3 is 2.83 bits per heavy atom. The van der Waals surface area contributed by atoms with Crippen LogP contribution >= 0.6 is 22.9 Å². The number of carboxylic acids is 1. The Morgan fingerprint density at radius 1 is 1.56 bits per heavy atom. The van der Waals surface area contributed by atoms with Crippen LogP contribution < -0.4 is 0 Å². The molecule has 18 heavy (non-hydrogen) atoms. The van der Waals surface area contributed by atoms with Gasteiger partial charge < -0.3 is 5.11 Å². The lowest BCUT2D eigenvalue weighted by atomic mass is 10.0. The highest BCUT2D eigenvalue weighted by Crippen LogP contribution is 2.32. The second-order valence-electron chi connectivity index (χ2n) is 4.10. The molecule has 1 saturated heterocycles. The molecule has 100 valence electrons. The molecular weight excluding hydrogens is 298 g/mol. The first kappa shape index (κ1) is 13.8. The van der Waals surface area contributed by atoms with Crippen LogP contribution in [0.3, 0.4) is 0 Å². The van der Waals surface area contributed by atoms with E-state index in [0.717, 1.165) is 11.3 Å². The molecule has 8 heteroatoms. The van der Waals surface area contributed by atoms with Crippen LogP contribution in [0.4, 0.5) is 0 Å². The molecule has 1 N–H and O–H groups in total. The highest BCUT2D eigenvalue weighted by Gasteiger charge is 2.34. The van der Waals surface area contributed by atoms with E-state index in [1.807, 2.05) is 0 Å². The Bertz CT molecular complexity index is 554. The van der Waals surface area contributed by atoms with E-state index < -0.39 is 21.9 Å². The van der Waals surface area contributed by atoms with Crippen molar-refractivity contribution in [1.82, 2.24) is 4.31 Å². The molecule has 2 heterocycles. The minimum Gasteiger partial charge on any atom is -0.481 e. The van der Waals surface area contributed by atoms with E-state index in [2.05, 4.69) is 0 Å². The number of rotatable bonds is 3. The van der Waals surface area contributed by atoms with Crippen molar-refractivity contribution in [2.24, 2.45) is 5.92 Å². The van der Waals surface area contributed by atoms with Gasteiger partial charge in [0.1, 0.15) is 0 Å². The Labute approximate surface area is 114 Å². The summed E-state index contributed by atoms with van der Waals surface area (Å²) in [5, 5.41) is 10.8. The molecule has 0 saturated carbocycles. The number of thiophene rings is 1. The summed E-state index contributed by atoms with van der Waals surface area (Å²) >= 11 is 6.88. The van der Waals surface area contributed by atoms with Gasteiger partial charge in [-0.2, -0.15) is 4.31 Å². The van der Waals surface area contributed by atoms with Crippen LogP contribution in [0.2, 0.25) is 5.02 Å². The quantitative estimate of drug-likeness (QED) is 0.925. The van der Waals surface area contributed by atoms with Crippen molar-refractivity contribution in [3.8, 4) is 0 Å². The molecule has 0 aromatic carbocycles. The Balaban J connectivity index is 2.26. The number of piperidine rings is 1. The zero-order valence-corrected chi connectivity index (χ0v) is 11.8. The van der Waals surface area contributed by atoms with E-state index in [1.54, 1.807) is 5.38 Å². The molecule has 5 nitrogen and oxygen atoms in total. The smallest absolute Gasteiger partial charge is 0.307 e. The van der Waals surface area contributed by atoms with Crippen LogP contribution in [0.5, 0.6) is 0 Å². The van der Waals surface area contributed by atoms with Crippen molar-refractivity contribution in [2.75, 3.05) is 13.1 Å². The van der Waals surface area contributed by atoms with Crippen LogP contribution in [-0.4, -0.2) is 36.9 Å². The maximum atomic E-state index is 12.3. The van der Waals surface area contributed by atoms with Crippen LogP contribution in [0.1, 0.15) is 12.8 Å². The van der Waals surface area contributed by atoms with Gasteiger partial charge in [0.05, 0.1) is 10.9 Å². The molecule has 0 aliphatic carbocycles. The third-order valence-electron chi connectivity index (χ3n) is 2.89. The van der Waals surface area contributed by atoms with E-state index in [0.29, 0.717) is 19.4 Å². The van der Waals surface area contributed by atoms with Crippen LogP contribution in [-0.2, 0) is 14.8 Å². The molecule has 1 fully saturated rings. The van der Waals surface area contributed by atoms with Gasteiger partial charge >= 0.3 is 5.97 Å². The van der Waals surface area contributed by atoms with Gasteiger partial charge in [0.25, 0.3) is 10.0 Å². The number of sulfonamides is 1. The van der Waals surface area contributed by atoms with Gasteiger partial charge in [0, 0.05) is 13.1 Å². The number of hydrogen-bond acceptors (Lipinski definition) is 4. The minimum atomic E-state index is -3.66. The Kier molecular flexibility index (Phi) is 3.96. The van der Waals surface area contributed by atoms with Gasteiger partial charge in [-0.1, -0.05) is 11.6 Å². The van der Waals surface area contributed by atoms with Gasteiger partial charge in [0.2, 0.25) is 0 Å². The second-order valence-corrected chi connectivity index (χ2v) is 7.55. The van der Waals surface area contributed by atoms with Gasteiger partial charge in [-0.3, -0.25) is 4.79 Å². The topological polar surface area (TPSA) is 74.7 Å². The molecule has 1 aliphatic heterocycles. The fourth-order valence-corrected chi connectivity index (χ4v) is 5.28. The zero-order valence-electron chi connectivity index (χ0n) is 9.37. The lowest BCUT2D eigenvalue weighted by Crippen LogP contribution is -2.42. The average Bonchev–Trinajstić information content (AvgIpc) is 2.76. The molecule has 1 aromatic heterocycles. The largest absolute Gasteiger partial charge is 0.481 e. The maximum absolute atomic E-state index is 12.3. The summed E-state index contributed by atoms with van der Waals surface area (Å²) in [6.45, 7) is 0.367. The van der Waals surface area contributed by atoms with Crippen molar-refractivity contribution in [2.45, 2.75) is 17.1 Å². The predicted molar refractivity (Wildman–Crippen MR) is 68.4 cm³/mol. The molecule has 1 atom stereocenters. The first-order chi connectivity index (χ1) is 8.43. The SMILES string of the molecule is O=C(O)[C@H]1CCCN(S(=O)(=O)c2sccc2Cl)C1. The molecule has 0 spiro atoms. The van der Waals surface area contributed by atoms with Gasteiger partial charge in [-0.25, -0.2) is 8.42 Å². The van der Waals surface area contributed by atoms with Crippen molar-refractivity contribution in [3.63, 3.8) is 0 Å². The van der Waals surface area contributed by atoms with Crippen molar-refractivity contribution < 1.29 is 18.3 Å². The highest BCUT2D eigenvalue weighted by molar-refractivity contribution is 7.91. The highest BCUT2D eigenvalue weighted by atomic mass is 35.5. The van der Waals surface area contributed by atoms with Gasteiger partial charge in [0.15, 0.2) is 4.21 Å². The second kappa shape index (κ2) is 5.16. The van der Waals surface area contributed by atoms with Crippen LogP contribution in [0, 0.1) is 5.92 Å². The maximum Gasteiger partial charge on any atom is 0.307 e. The van der Waals surface area contributed by atoms with Crippen molar-refractivity contribution in [3.05, 3.63) is 16.5 Å². The summed E-state index contributed by atoms with van der Waals surface area (Å²) in [6, 6.07) is 1.53. The molecule has 0 amide bonds. The Morgan fingerprint density at radius 2 is 2.28 bits per heavy atom. The fraction of sp³-hybridized carbons (Fsp3) is 0.500. The lowest BCUT2D eigenvalue weighted by Gasteiger charge is -2.29. The third kappa shape index (κ3) is 2.54. The van der Waals surface area contributed by atoms with E-state index in [1.165, 1.54) is 10.4 Å². The summed E-state index contributed by atoms with van der Waals surface area (Å²) in [5.74, 6) is -1.58. The summed E-state index contributed by atoms with van der Waals surface area (Å²) in [6.07, 6.45) is 1.07. The van der Waals surface area contributed by atoms with Crippen molar-refractivity contribution in [1.29, 1.82) is 0 Å².